The molecule has 1 rings (SSSR count). The molecule has 0 heterocycles. The van der Waals surface area contributed by atoms with E-state index in [0.29, 0.717) is 5.56 Å². The van der Waals surface area contributed by atoms with Crippen LogP contribution in [0.4, 0.5) is 10.1 Å². The molecule has 4 heteroatoms. The second-order valence-electron chi connectivity index (χ2n) is 2.18. The average molecular weight is 155 g/mol. The van der Waals surface area contributed by atoms with Crippen LogP contribution in [-0.2, 0) is 0 Å². The zero-order chi connectivity index (χ0) is 8.43. The molecule has 0 aromatic heterocycles. The first-order chi connectivity index (χ1) is 5.15. The molecular weight excluding hydrogens is 149 g/mol. The van der Waals surface area contributed by atoms with Gasteiger partial charge in [0.2, 0.25) is 0 Å². The molecule has 0 unspecified atom stereocenters. The highest BCUT2D eigenvalue weighted by Gasteiger charge is 2.05. The van der Waals surface area contributed by atoms with Crippen molar-refractivity contribution in [3.63, 3.8) is 0 Å². The van der Waals surface area contributed by atoms with Crippen LogP contribution in [0.3, 0.4) is 0 Å². The third-order valence-corrected chi connectivity index (χ3v) is 1.36. The van der Waals surface area contributed by atoms with Crippen molar-refractivity contribution in [1.29, 1.82) is 0 Å². The molecule has 0 saturated heterocycles. The quantitative estimate of drug-likeness (QED) is 0.632. The fourth-order valence-electron chi connectivity index (χ4n) is 0.720. The van der Waals surface area contributed by atoms with E-state index in [0.717, 1.165) is 12.1 Å². The summed E-state index contributed by atoms with van der Waals surface area (Å²) in [5, 5.41) is 11.4. The lowest BCUT2D eigenvalue weighted by molar-refractivity contribution is 0.469. The lowest BCUT2D eigenvalue weighted by Crippen LogP contribution is -1.79. The Morgan fingerprint density at radius 2 is 2.18 bits per heavy atom. The molecule has 0 aliphatic carbocycles. The Morgan fingerprint density at radius 3 is 2.73 bits per heavy atom. The maximum Gasteiger partial charge on any atom is 0.152 e. The summed E-state index contributed by atoms with van der Waals surface area (Å²) in [6.45, 7) is 1.53. The van der Waals surface area contributed by atoms with Crippen LogP contribution in [0.2, 0.25) is 0 Å². The van der Waals surface area contributed by atoms with Gasteiger partial charge in [-0.05, 0) is 23.7 Å². The number of phenols is 1. The average Bonchev–Trinajstić information content (AvgIpc) is 1.97. The zero-order valence-electron chi connectivity index (χ0n) is 5.84. The molecule has 0 saturated carbocycles. The van der Waals surface area contributed by atoms with Crippen LogP contribution in [0.15, 0.2) is 17.3 Å². The summed E-state index contributed by atoms with van der Waals surface area (Å²) in [5.74, 6) is -0.837. The van der Waals surface area contributed by atoms with Crippen molar-refractivity contribution in [3.8, 4) is 5.75 Å². The van der Waals surface area contributed by atoms with Crippen molar-refractivity contribution in [2.75, 3.05) is 0 Å². The Kier molecular flexibility index (Phi) is 1.85. The van der Waals surface area contributed by atoms with Crippen LogP contribution in [-0.4, -0.2) is 5.11 Å². The van der Waals surface area contributed by atoms with Crippen molar-refractivity contribution in [2.24, 2.45) is 5.18 Å². The molecule has 11 heavy (non-hydrogen) atoms. The highest BCUT2D eigenvalue weighted by Crippen LogP contribution is 2.26. The first-order valence-corrected chi connectivity index (χ1v) is 2.97. The summed E-state index contributed by atoms with van der Waals surface area (Å²) in [7, 11) is 0. The van der Waals surface area contributed by atoms with Crippen molar-refractivity contribution >= 4 is 5.69 Å². The maximum atomic E-state index is 12.6. The second kappa shape index (κ2) is 2.65. The number of nitrogens with zero attached hydrogens (tertiary/aromatic N) is 1. The predicted octanol–water partition coefficient (Wildman–Crippen LogP) is 2.24. The molecule has 1 aromatic carbocycles. The van der Waals surface area contributed by atoms with Crippen LogP contribution < -0.4 is 0 Å². The van der Waals surface area contributed by atoms with Crippen molar-refractivity contribution in [2.45, 2.75) is 6.92 Å². The van der Waals surface area contributed by atoms with Gasteiger partial charge < -0.3 is 5.11 Å². The summed E-state index contributed by atoms with van der Waals surface area (Å²) in [5.41, 5.74) is 0.0167. The van der Waals surface area contributed by atoms with E-state index >= 15 is 0 Å². The van der Waals surface area contributed by atoms with Crippen LogP contribution >= 0.6 is 0 Å². The van der Waals surface area contributed by atoms with E-state index in [2.05, 4.69) is 5.18 Å². The van der Waals surface area contributed by atoms with Gasteiger partial charge in [0.1, 0.15) is 11.4 Å². The molecular formula is C7H6FNO2. The van der Waals surface area contributed by atoms with Gasteiger partial charge in [0.25, 0.3) is 0 Å². The Morgan fingerprint density at radius 1 is 1.55 bits per heavy atom. The molecule has 1 N–H and O–H groups in total. The first kappa shape index (κ1) is 7.65. The van der Waals surface area contributed by atoms with Crippen molar-refractivity contribution in [1.82, 2.24) is 0 Å². The summed E-state index contributed by atoms with van der Waals surface area (Å²) in [6.07, 6.45) is 0. The monoisotopic (exact) mass is 155 g/mol. The van der Waals surface area contributed by atoms with Gasteiger partial charge in [-0.2, -0.15) is 0 Å². The van der Waals surface area contributed by atoms with Crippen molar-refractivity contribution in [3.05, 3.63) is 28.4 Å². The molecule has 0 bridgehead atoms. The number of benzene rings is 1. The zero-order valence-corrected chi connectivity index (χ0v) is 5.84. The SMILES string of the molecule is Cc1cc(F)c(N=O)cc1O. The topological polar surface area (TPSA) is 49.7 Å². The highest BCUT2D eigenvalue weighted by molar-refractivity contribution is 5.47. The maximum absolute atomic E-state index is 12.6. The Bertz CT molecular complexity index is 299. The number of hydrogen-bond acceptors (Lipinski definition) is 3. The Labute approximate surface area is 62.5 Å². The van der Waals surface area contributed by atoms with Crippen LogP contribution in [0.5, 0.6) is 5.75 Å². The van der Waals surface area contributed by atoms with E-state index in [4.69, 9.17) is 5.11 Å². The molecule has 0 radical (unpaired) electrons. The third-order valence-electron chi connectivity index (χ3n) is 1.36. The molecule has 0 spiro atoms. The first-order valence-electron chi connectivity index (χ1n) is 2.97. The fourth-order valence-corrected chi connectivity index (χ4v) is 0.720. The van der Waals surface area contributed by atoms with E-state index in [1.807, 2.05) is 0 Å². The van der Waals surface area contributed by atoms with Crippen LogP contribution in [0, 0.1) is 17.6 Å². The lowest BCUT2D eigenvalue weighted by atomic mass is 10.2. The Hall–Kier alpha value is -1.45. The molecule has 0 fully saturated rings. The van der Waals surface area contributed by atoms with Gasteiger partial charge in [0, 0.05) is 6.07 Å². The molecule has 58 valence electrons. The smallest absolute Gasteiger partial charge is 0.152 e. The number of phenolic OH excluding ortho intramolecular Hbond substituents is 1. The molecule has 0 atom stereocenters. The van der Waals surface area contributed by atoms with Gasteiger partial charge >= 0.3 is 0 Å². The molecule has 0 amide bonds. The number of aryl methyl sites for hydroxylation is 1. The van der Waals surface area contributed by atoms with Gasteiger partial charge in [-0.15, -0.1) is 4.91 Å². The van der Waals surface area contributed by atoms with Crippen LogP contribution in [0.25, 0.3) is 0 Å². The number of aromatic hydroxyl groups is 1. The minimum atomic E-state index is -0.713. The summed E-state index contributed by atoms with van der Waals surface area (Å²) >= 11 is 0. The number of hydrogen-bond donors (Lipinski definition) is 1. The largest absolute Gasteiger partial charge is 0.508 e. The summed E-state index contributed by atoms with van der Waals surface area (Å²) in [6, 6.07) is 2.06. The third kappa shape index (κ3) is 1.34. The normalized spacial score (nSPS) is 9.64. The summed E-state index contributed by atoms with van der Waals surface area (Å²) in [4.78, 5) is 9.89. The van der Waals surface area contributed by atoms with Gasteiger partial charge in [-0.25, -0.2) is 4.39 Å². The second-order valence-corrected chi connectivity index (χ2v) is 2.18. The van der Waals surface area contributed by atoms with E-state index in [9.17, 15) is 9.30 Å². The van der Waals surface area contributed by atoms with Crippen LogP contribution in [0.1, 0.15) is 5.56 Å². The lowest BCUT2D eigenvalue weighted by Gasteiger charge is -1.98. The number of rotatable bonds is 1. The van der Waals surface area contributed by atoms with Gasteiger partial charge in [-0.1, -0.05) is 0 Å². The molecule has 0 aliphatic heterocycles. The number of nitroso groups, excluding NO2 is 1. The van der Waals surface area contributed by atoms with E-state index < -0.39 is 5.82 Å². The standard InChI is InChI=1S/C7H6FNO2/c1-4-2-5(8)6(9-11)3-7(4)10/h2-3,10H,1H3. The minimum Gasteiger partial charge on any atom is -0.508 e. The Balaban J connectivity index is 3.31. The highest BCUT2D eigenvalue weighted by atomic mass is 19.1. The van der Waals surface area contributed by atoms with Gasteiger partial charge in [-0.3, -0.25) is 0 Å². The summed E-state index contributed by atoms with van der Waals surface area (Å²) < 4.78 is 12.6. The van der Waals surface area contributed by atoms with E-state index in [1.165, 1.54) is 6.92 Å². The minimum absolute atomic E-state index is 0.124. The molecule has 1 aromatic rings. The predicted molar refractivity (Wildman–Crippen MR) is 38.3 cm³/mol. The fraction of sp³-hybridized carbons (Fsp3) is 0.143. The molecule has 3 nitrogen and oxygen atoms in total. The van der Waals surface area contributed by atoms with Gasteiger partial charge in [0.05, 0.1) is 0 Å². The van der Waals surface area contributed by atoms with Gasteiger partial charge in [0.15, 0.2) is 5.82 Å². The van der Waals surface area contributed by atoms with E-state index in [1.54, 1.807) is 0 Å². The molecule has 0 aliphatic rings. The van der Waals surface area contributed by atoms with E-state index in [-0.39, 0.29) is 11.4 Å². The number of halogens is 1. The van der Waals surface area contributed by atoms with Crippen molar-refractivity contribution < 1.29 is 9.50 Å².